The SMILES string of the molecule is CC1CCN(CCC(=O)N2CCC(c3cc(C(=O)NC(C)C)c4ccccc4n3)C2)CC1. The predicted molar refractivity (Wildman–Crippen MR) is 128 cm³/mol. The molecule has 0 aliphatic carbocycles. The second kappa shape index (κ2) is 9.99. The van der Waals surface area contributed by atoms with Crippen molar-refractivity contribution in [3.05, 3.63) is 41.6 Å². The molecule has 2 amide bonds. The lowest BCUT2D eigenvalue weighted by molar-refractivity contribution is -0.130. The first-order chi connectivity index (χ1) is 15.4. The summed E-state index contributed by atoms with van der Waals surface area (Å²) in [5.41, 5.74) is 2.42. The number of likely N-dealkylation sites (tertiary alicyclic amines) is 2. The molecule has 1 atom stereocenters. The molecule has 0 radical (unpaired) electrons. The number of amides is 2. The third-order valence-corrected chi connectivity index (χ3v) is 6.88. The fourth-order valence-corrected chi connectivity index (χ4v) is 4.86. The summed E-state index contributed by atoms with van der Waals surface area (Å²) in [6.45, 7) is 10.8. The molecule has 32 heavy (non-hydrogen) atoms. The van der Waals surface area contributed by atoms with Crippen molar-refractivity contribution in [2.75, 3.05) is 32.7 Å². The van der Waals surface area contributed by atoms with Gasteiger partial charge in [-0.2, -0.15) is 0 Å². The van der Waals surface area contributed by atoms with Crippen LogP contribution in [0, 0.1) is 5.92 Å². The molecule has 6 heteroatoms. The van der Waals surface area contributed by atoms with Gasteiger partial charge in [0.15, 0.2) is 0 Å². The maximum Gasteiger partial charge on any atom is 0.252 e. The van der Waals surface area contributed by atoms with Crippen LogP contribution in [0.25, 0.3) is 10.9 Å². The van der Waals surface area contributed by atoms with E-state index in [1.54, 1.807) is 0 Å². The zero-order valence-corrected chi connectivity index (χ0v) is 19.6. The summed E-state index contributed by atoms with van der Waals surface area (Å²) in [5, 5.41) is 3.88. The first-order valence-corrected chi connectivity index (χ1v) is 12.1. The maximum absolute atomic E-state index is 12.9. The number of hydrogen-bond acceptors (Lipinski definition) is 4. The normalized spacial score (nSPS) is 20.2. The minimum Gasteiger partial charge on any atom is -0.350 e. The van der Waals surface area contributed by atoms with Gasteiger partial charge in [0, 0.05) is 49.1 Å². The third kappa shape index (κ3) is 5.29. The van der Waals surface area contributed by atoms with Gasteiger partial charge in [0.25, 0.3) is 5.91 Å². The van der Waals surface area contributed by atoms with Crippen LogP contribution in [0.3, 0.4) is 0 Å². The summed E-state index contributed by atoms with van der Waals surface area (Å²) in [7, 11) is 0. The molecule has 2 aliphatic heterocycles. The van der Waals surface area contributed by atoms with Crippen LogP contribution in [-0.4, -0.2) is 65.4 Å². The van der Waals surface area contributed by atoms with Gasteiger partial charge in [-0.1, -0.05) is 25.1 Å². The van der Waals surface area contributed by atoms with Crippen molar-refractivity contribution in [1.82, 2.24) is 20.1 Å². The number of para-hydroxylation sites is 1. The summed E-state index contributed by atoms with van der Waals surface area (Å²) < 4.78 is 0. The minimum absolute atomic E-state index is 0.0679. The van der Waals surface area contributed by atoms with Crippen LogP contribution < -0.4 is 5.32 Å². The van der Waals surface area contributed by atoms with Crippen LogP contribution in [-0.2, 0) is 4.79 Å². The van der Waals surface area contributed by atoms with Crippen molar-refractivity contribution in [2.24, 2.45) is 5.92 Å². The van der Waals surface area contributed by atoms with E-state index in [2.05, 4.69) is 17.1 Å². The molecule has 6 nitrogen and oxygen atoms in total. The summed E-state index contributed by atoms with van der Waals surface area (Å²) in [6, 6.07) is 9.81. The lowest BCUT2D eigenvalue weighted by atomic mass is 9.99. The largest absolute Gasteiger partial charge is 0.350 e. The second-order valence-corrected chi connectivity index (χ2v) is 9.84. The zero-order valence-electron chi connectivity index (χ0n) is 19.6. The maximum atomic E-state index is 12.9. The highest BCUT2D eigenvalue weighted by Gasteiger charge is 2.29. The van der Waals surface area contributed by atoms with Gasteiger partial charge in [0.2, 0.25) is 5.91 Å². The van der Waals surface area contributed by atoms with Gasteiger partial charge in [-0.05, 0) is 64.3 Å². The molecule has 0 spiro atoms. The van der Waals surface area contributed by atoms with Gasteiger partial charge in [-0.15, -0.1) is 0 Å². The standard InChI is InChI=1S/C26H36N4O2/c1-18(2)27-26(32)22-16-24(28-23-7-5-4-6-21(22)23)20-10-15-30(17-20)25(31)11-14-29-12-8-19(3)9-13-29/h4-7,16,18-20H,8-15,17H2,1-3H3,(H,27,32). The molecule has 2 fully saturated rings. The fraction of sp³-hybridized carbons (Fsp3) is 0.577. The molecule has 1 aromatic carbocycles. The lowest BCUT2D eigenvalue weighted by Gasteiger charge is -2.30. The Morgan fingerprint density at radius 1 is 1.12 bits per heavy atom. The quantitative estimate of drug-likeness (QED) is 0.748. The Balaban J connectivity index is 1.43. The van der Waals surface area contributed by atoms with Gasteiger partial charge in [0.1, 0.15) is 0 Å². The summed E-state index contributed by atoms with van der Waals surface area (Å²) >= 11 is 0. The minimum atomic E-state index is -0.0679. The van der Waals surface area contributed by atoms with Crippen LogP contribution in [0.15, 0.2) is 30.3 Å². The topological polar surface area (TPSA) is 65.5 Å². The number of pyridine rings is 1. The summed E-state index contributed by atoms with van der Waals surface area (Å²) in [5.74, 6) is 1.15. The van der Waals surface area contributed by atoms with E-state index in [1.165, 1.54) is 12.8 Å². The van der Waals surface area contributed by atoms with Gasteiger partial charge in [-0.3, -0.25) is 14.6 Å². The number of benzene rings is 1. The second-order valence-electron chi connectivity index (χ2n) is 9.84. The molecule has 0 bridgehead atoms. The molecule has 2 aliphatic rings. The lowest BCUT2D eigenvalue weighted by Crippen LogP contribution is -2.37. The molecule has 3 heterocycles. The molecule has 2 aromatic rings. The zero-order chi connectivity index (χ0) is 22.7. The summed E-state index contributed by atoms with van der Waals surface area (Å²) in [4.78, 5) is 35.0. The number of carbonyl (C=O) groups excluding carboxylic acids is 2. The smallest absolute Gasteiger partial charge is 0.252 e. The molecular formula is C26H36N4O2. The van der Waals surface area contributed by atoms with Crippen LogP contribution in [0.2, 0.25) is 0 Å². The van der Waals surface area contributed by atoms with Crippen molar-refractivity contribution in [1.29, 1.82) is 0 Å². The number of aromatic nitrogens is 1. The third-order valence-electron chi connectivity index (χ3n) is 6.88. The Labute approximate surface area is 191 Å². The molecule has 4 rings (SSSR count). The van der Waals surface area contributed by atoms with E-state index in [1.807, 2.05) is 49.1 Å². The Morgan fingerprint density at radius 2 is 1.88 bits per heavy atom. The van der Waals surface area contributed by atoms with Gasteiger partial charge in [0.05, 0.1) is 11.1 Å². The Kier molecular flexibility index (Phi) is 7.09. The highest BCUT2D eigenvalue weighted by Crippen LogP contribution is 2.30. The van der Waals surface area contributed by atoms with E-state index in [9.17, 15) is 9.59 Å². The number of piperidine rings is 1. The molecule has 1 N–H and O–H groups in total. The number of fused-ring (bicyclic) bond motifs is 1. The highest BCUT2D eigenvalue weighted by atomic mass is 16.2. The van der Waals surface area contributed by atoms with Crippen LogP contribution in [0.4, 0.5) is 0 Å². The van der Waals surface area contributed by atoms with Gasteiger partial charge >= 0.3 is 0 Å². The predicted octanol–water partition coefficient (Wildman–Crippen LogP) is 3.81. The Hall–Kier alpha value is -2.47. The van der Waals surface area contributed by atoms with Gasteiger partial charge in [-0.25, -0.2) is 0 Å². The molecule has 1 unspecified atom stereocenters. The van der Waals surface area contributed by atoms with Crippen LogP contribution in [0.1, 0.15) is 68.4 Å². The van der Waals surface area contributed by atoms with E-state index in [-0.39, 0.29) is 23.8 Å². The van der Waals surface area contributed by atoms with E-state index in [4.69, 9.17) is 4.98 Å². The number of rotatable bonds is 6. The molecule has 0 saturated carbocycles. The monoisotopic (exact) mass is 436 g/mol. The van der Waals surface area contributed by atoms with Crippen molar-refractivity contribution >= 4 is 22.7 Å². The van der Waals surface area contributed by atoms with Crippen molar-refractivity contribution in [3.8, 4) is 0 Å². The highest BCUT2D eigenvalue weighted by molar-refractivity contribution is 6.06. The molecule has 172 valence electrons. The number of nitrogens with one attached hydrogen (secondary N) is 1. The first kappa shape index (κ1) is 22.7. The number of hydrogen-bond donors (Lipinski definition) is 1. The van der Waals surface area contributed by atoms with E-state index in [0.717, 1.165) is 55.1 Å². The van der Waals surface area contributed by atoms with E-state index >= 15 is 0 Å². The van der Waals surface area contributed by atoms with Crippen LogP contribution >= 0.6 is 0 Å². The first-order valence-electron chi connectivity index (χ1n) is 12.1. The van der Waals surface area contributed by atoms with Crippen molar-refractivity contribution in [2.45, 2.75) is 58.4 Å². The molecule has 1 aromatic heterocycles. The summed E-state index contributed by atoms with van der Waals surface area (Å²) in [6.07, 6.45) is 3.96. The average molecular weight is 437 g/mol. The fourth-order valence-electron chi connectivity index (χ4n) is 4.86. The van der Waals surface area contributed by atoms with Gasteiger partial charge < -0.3 is 15.1 Å². The Bertz CT molecular complexity index is 965. The number of nitrogens with zero attached hydrogens (tertiary/aromatic N) is 3. The van der Waals surface area contributed by atoms with Crippen LogP contribution in [0.5, 0.6) is 0 Å². The number of carbonyl (C=O) groups is 2. The van der Waals surface area contributed by atoms with E-state index in [0.29, 0.717) is 18.5 Å². The van der Waals surface area contributed by atoms with E-state index < -0.39 is 0 Å². The van der Waals surface area contributed by atoms with Crippen molar-refractivity contribution < 1.29 is 9.59 Å². The molecule has 2 saturated heterocycles. The van der Waals surface area contributed by atoms with Crippen molar-refractivity contribution in [3.63, 3.8) is 0 Å². The average Bonchev–Trinajstić information content (AvgIpc) is 3.28. The molecular weight excluding hydrogens is 400 g/mol. The Morgan fingerprint density at radius 3 is 2.62 bits per heavy atom.